The number of pyridine rings is 2. The number of aryl methyl sites for hydroxylation is 2. The summed E-state index contributed by atoms with van der Waals surface area (Å²) in [6.45, 7) is 15.1. The van der Waals surface area contributed by atoms with Crippen molar-refractivity contribution in [3.8, 4) is 11.8 Å². The summed E-state index contributed by atoms with van der Waals surface area (Å²) < 4.78 is 22.5. The van der Waals surface area contributed by atoms with Crippen molar-refractivity contribution in [3.63, 3.8) is 0 Å². The number of halogens is 1. The van der Waals surface area contributed by atoms with E-state index in [0.717, 1.165) is 84.7 Å². The molecule has 0 aromatic carbocycles. The molecule has 17 heteroatoms. The van der Waals surface area contributed by atoms with Crippen molar-refractivity contribution in [2.75, 3.05) is 10.6 Å². The minimum Gasteiger partial charge on any atom is -0.474 e. The van der Waals surface area contributed by atoms with Crippen LogP contribution in [0.25, 0.3) is 0 Å². The van der Waals surface area contributed by atoms with E-state index in [1.54, 1.807) is 32.6 Å². The van der Waals surface area contributed by atoms with Gasteiger partial charge in [-0.15, -0.1) is 0 Å². The number of carbonyl (C=O) groups is 2. The lowest BCUT2D eigenvalue weighted by molar-refractivity contribution is -0.0242. The van der Waals surface area contributed by atoms with Gasteiger partial charge in [0.2, 0.25) is 11.8 Å². The van der Waals surface area contributed by atoms with Gasteiger partial charge < -0.3 is 39.8 Å². The second kappa shape index (κ2) is 22.3. The second-order valence-corrected chi connectivity index (χ2v) is 17.5. The minimum atomic E-state index is -0.741. The van der Waals surface area contributed by atoms with Crippen LogP contribution in [0.1, 0.15) is 114 Å². The number of hydrogen-bond acceptors (Lipinski definition) is 15. The molecule has 4 saturated heterocycles. The summed E-state index contributed by atoms with van der Waals surface area (Å²) in [6.07, 6.45) is 17.1. The third kappa shape index (κ3) is 13.3. The summed E-state index contributed by atoms with van der Waals surface area (Å²) in [6, 6.07) is 9.27. The maximum atomic E-state index is 12.6. The van der Waals surface area contributed by atoms with Crippen molar-refractivity contribution in [2.45, 2.75) is 168 Å². The van der Waals surface area contributed by atoms with Crippen LogP contribution in [0, 0.1) is 27.7 Å². The van der Waals surface area contributed by atoms with Crippen molar-refractivity contribution in [2.24, 2.45) is 0 Å². The van der Waals surface area contributed by atoms with Gasteiger partial charge in [0, 0.05) is 61.0 Å². The van der Waals surface area contributed by atoms with Crippen LogP contribution >= 0.6 is 11.6 Å². The SMILES string of the molecule is CC(C)OC(=O)Cl.Cc1ncccc1Nc1ncnc(OC2CC3CCCC(C2)N3)c1C.Cc1ncccc1Nc1ncnc(OC2CC3CCCC(C2)N3C(=O)OC(C)C)c1C. The molecule has 0 aliphatic carbocycles. The Labute approximate surface area is 376 Å². The lowest BCUT2D eigenvalue weighted by Gasteiger charge is -2.47. The van der Waals surface area contributed by atoms with Crippen LogP contribution in [0.15, 0.2) is 49.3 Å². The van der Waals surface area contributed by atoms with Gasteiger partial charge in [0.25, 0.3) is 0 Å². The van der Waals surface area contributed by atoms with Crippen LogP contribution in [-0.2, 0) is 9.47 Å². The maximum Gasteiger partial charge on any atom is 0.410 e. The molecule has 63 heavy (non-hydrogen) atoms. The second-order valence-electron chi connectivity index (χ2n) is 17.2. The summed E-state index contributed by atoms with van der Waals surface area (Å²) in [7, 11) is 0. The van der Waals surface area contributed by atoms with Gasteiger partial charge in [0.05, 0.1) is 46.1 Å². The smallest absolute Gasteiger partial charge is 0.410 e. The summed E-state index contributed by atoms with van der Waals surface area (Å²) in [4.78, 5) is 50.5. The molecule has 4 bridgehead atoms. The molecule has 16 nitrogen and oxygen atoms in total. The first kappa shape index (κ1) is 47.1. The Balaban J connectivity index is 0.000000185. The summed E-state index contributed by atoms with van der Waals surface area (Å²) in [5, 5.41) is 10.4. The van der Waals surface area contributed by atoms with Gasteiger partial charge in [-0.05, 0) is 125 Å². The van der Waals surface area contributed by atoms with Crippen LogP contribution in [-0.4, -0.2) is 94.9 Å². The number of carbonyl (C=O) groups excluding carboxylic acids is 2. The van der Waals surface area contributed by atoms with Crippen LogP contribution in [0.5, 0.6) is 11.8 Å². The lowest BCUT2D eigenvalue weighted by Crippen LogP contribution is -2.57. The number of amides is 1. The van der Waals surface area contributed by atoms with Crippen molar-refractivity contribution in [1.82, 2.24) is 40.1 Å². The first-order valence-corrected chi connectivity index (χ1v) is 22.6. The van der Waals surface area contributed by atoms with Gasteiger partial charge in [0.1, 0.15) is 36.5 Å². The molecule has 4 unspecified atom stereocenters. The molecule has 0 spiro atoms. The summed E-state index contributed by atoms with van der Waals surface area (Å²) in [5.74, 6) is 2.75. The van der Waals surface area contributed by atoms with Gasteiger partial charge in [0.15, 0.2) is 0 Å². The molecule has 0 saturated carbocycles. The van der Waals surface area contributed by atoms with E-state index >= 15 is 0 Å². The third-order valence-corrected chi connectivity index (χ3v) is 11.7. The maximum absolute atomic E-state index is 12.6. The van der Waals surface area contributed by atoms with E-state index in [0.29, 0.717) is 29.7 Å². The van der Waals surface area contributed by atoms with E-state index in [4.69, 9.17) is 25.8 Å². The zero-order valence-corrected chi connectivity index (χ0v) is 38.5. The monoisotopic (exact) mass is 886 g/mol. The molecule has 0 radical (unpaired) electrons. The number of hydrogen-bond donors (Lipinski definition) is 3. The fraction of sp³-hybridized carbons (Fsp3) is 0.565. The van der Waals surface area contributed by atoms with Crippen molar-refractivity contribution >= 4 is 46.1 Å². The Morgan fingerprint density at radius 3 is 1.56 bits per heavy atom. The van der Waals surface area contributed by atoms with Crippen molar-refractivity contribution in [1.29, 1.82) is 0 Å². The topological polar surface area (TPSA) is 188 Å². The fourth-order valence-electron chi connectivity index (χ4n) is 8.64. The van der Waals surface area contributed by atoms with Gasteiger partial charge in [-0.25, -0.2) is 29.5 Å². The standard InChI is InChI=1S/C23H31N5O3.C19H25N5O.C4H7ClO2/c1-14(2)30-23(29)28-17-7-5-8-18(28)12-19(11-17)31-22-15(3)21(25-13-26-22)27-20-9-6-10-24-16(20)4;1-12-18(24-17-7-4-8-20-13(17)2)21-11-22-19(12)25-16-9-14-5-3-6-15(10-16)23-14;1-3(2)7-4(5)6/h6,9-10,13-14,17-19H,5,7-8,11-12H2,1-4H3,(H,25,26,27);4,7-8,11,14-16,23H,3,5-6,9-10H2,1-2H3,(H,21,22,24);3H,1-2H3. The number of aromatic nitrogens is 6. The van der Waals surface area contributed by atoms with Crippen LogP contribution in [0.3, 0.4) is 0 Å². The van der Waals surface area contributed by atoms with Gasteiger partial charge in [-0.2, -0.15) is 0 Å². The number of ether oxygens (including phenoxy) is 4. The van der Waals surface area contributed by atoms with E-state index in [-0.39, 0.29) is 42.6 Å². The number of anilines is 4. The molecule has 4 aliphatic rings. The third-order valence-electron chi connectivity index (χ3n) is 11.6. The molecular formula is C46H63ClN10O6. The Kier molecular flexibility index (Phi) is 16.7. The largest absolute Gasteiger partial charge is 0.474 e. The van der Waals surface area contributed by atoms with Crippen LogP contribution in [0.4, 0.5) is 32.6 Å². The molecule has 4 aromatic heterocycles. The highest BCUT2D eigenvalue weighted by Gasteiger charge is 2.43. The molecule has 8 heterocycles. The highest BCUT2D eigenvalue weighted by Crippen LogP contribution is 2.37. The predicted molar refractivity (Wildman–Crippen MR) is 242 cm³/mol. The van der Waals surface area contributed by atoms with E-state index in [9.17, 15) is 9.59 Å². The van der Waals surface area contributed by atoms with Gasteiger partial charge in [-0.3, -0.25) is 9.97 Å². The van der Waals surface area contributed by atoms with Crippen LogP contribution < -0.4 is 25.4 Å². The lowest BCUT2D eigenvalue weighted by atomic mass is 9.83. The predicted octanol–water partition coefficient (Wildman–Crippen LogP) is 9.60. The van der Waals surface area contributed by atoms with E-state index in [2.05, 4.69) is 50.6 Å². The van der Waals surface area contributed by atoms with Gasteiger partial charge >= 0.3 is 11.5 Å². The number of piperidine rings is 4. The minimum absolute atomic E-state index is 0.0139. The first-order chi connectivity index (χ1) is 30.2. The zero-order chi connectivity index (χ0) is 45.0. The molecule has 8 rings (SSSR count). The van der Waals surface area contributed by atoms with E-state index in [1.165, 1.54) is 25.6 Å². The first-order valence-electron chi connectivity index (χ1n) is 22.2. The Hall–Kier alpha value is -5.35. The Morgan fingerprint density at radius 2 is 1.13 bits per heavy atom. The number of nitrogens with zero attached hydrogens (tertiary/aromatic N) is 7. The molecule has 4 aromatic rings. The van der Waals surface area contributed by atoms with Crippen molar-refractivity contribution in [3.05, 3.63) is 71.8 Å². The molecule has 4 fully saturated rings. The van der Waals surface area contributed by atoms with Crippen molar-refractivity contribution < 1.29 is 28.5 Å². The van der Waals surface area contributed by atoms with Crippen LogP contribution in [0.2, 0.25) is 0 Å². The fourth-order valence-corrected chi connectivity index (χ4v) is 8.82. The molecule has 4 aliphatic heterocycles. The molecule has 4 atom stereocenters. The summed E-state index contributed by atoms with van der Waals surface area (Å²) in [5.41, 5.74) is 4.75. The van der Waals surface area contributed by atoms with Gasteiger partial charge in [-0.1, -0.05) is 6.42 Å². The van der Waals surface area contributed by atoms with E-state index < -0.39 is 5.43 Å². The molecule has 1 amide bonds. The summed E-state index contributed by atoms with van der Waals surface area (Å²) >= 11 is 4.81. The quantitative estimate of drug-likeness (QED) is 0.128. The molecule has 340 valence electrons. The number of rotatable bonds is 10. The Bertz CT molecular complexity index is 2120. The average Bonchev–Trinajstić information content (AvgIpc) is 3.22. The highest BCUT2D eigenvalue weighted by atomic mass is 35.5. The zero-order valence-electron chi connectivity index (χ0n) is 37.8. The Morgan fingerprint density at radius 1 is 0.667 bits per heavy atom. The number of fused-ring (bicyclic) bond motifs is 4. The molecular weight excluding hydrogens is 824 g/mol. The molecule has 3 N–H and O–H groups in total. The number of nitrogens with one attached hydrogen (secondary N) is 3. The van der Waals surface area contributed by atoms with E-state index in [1.807, 2.05) is 70.7 Å². The normalized spacial score (nSPS) is 22.4. The highest BCUT2D eigenvalue weighted by molar-refractivity contribution is 6.61. The average molecular weight is 888 g/mol.